The second-order valence-corrected chi connectivity index (χ2v) is 12.2. The minimum atomic E-state index is -0.506. The van der Waals surface area contributed by atoms with Gasteiger partial charge in [-0.05, 0) is 62.8 Å². The summed E-state index contributed by atoms with van der Waals surface area (Å²) in [5.41, 5.74) is 4.42. The lowest BCUT2D eigenvalue weighted by atomic mass is 9.95. The number of benzene rings is 1. The second-order valence-electron chi connectivity index (χ2n) is 9.44. The van der Waals surface area contributed by atoms with Crippen molar-refractivity contribution in [2.75, 3.05) is 25.3 Å². The number of thioether (sulfide) groups is 1. The maximum absolute atomic E-state index is 13.0. The van der Waals surface area contributed by atoms with Gasteiger partial charge in [-0.3, -0.25) is 9.36 Å². The molecule has 0 spiro atoms. The number of nitrogens with one attached hydrogen (secondary N) is 1. The summed E-state index contributed by atoms with van der Waals surface area (Å²) in [5.74, 6) is 0.968. The Kier molecular flexibility index (Phi) is 8.39. The van der Waals surface area contributed by atoms with Crippen LogP contribution in [0, 0.1) is 0 Å². The first-order valence-corrected chi connectivity index (χ1v) is 15.5. The Balaban J connectivity index is 1.34. The molecule has 0 bridgehead atoms. The van der Waals surface area contributed by atoms with Crippen LogP contribution < -0.4 is 10.1 Å². The van der Waals surface area contributed by atoms with Crippen LogP contribution in [0.25, 0.3) is 22.5 Å². The Morgan fingerprint density at radius 1 is 1.05 bits per heavy atom. The fraction of sp³-hybridized carbons (Fsp3) is 0.357. The summed E-state index contributed by atoms with van der Waals surface area (Å²) in [6.07, 6.45) is 4.65. The molecule has 0 radical (unpaired) electrons. The molecule has 0 fully saturated rings. The van der Waals surface area contributed by atoms with Crippen LogP contribution in [0.2, 0.25) is 0 Å². The number of hydrogen-bond acceptors (Lipinski definition) is 9. The first-order valence-electron chi connectivity index (χ1n) is 12.7. The number of hydrogen-bond donors (Lipinski definition) is 1. The molecular weight excluding hydrogens is 553 g/mol. The van der Waals surface area contributed by atoms with Crippen LogP contribution in [0.4, 0.5) is 5.00 Å². The topological polar surface area (TPSA) is 95.3 Å². The summed E-state index contributed by atoms with van der Waals surface area (Å²) in [4.78, 5) is 27.2. The van der Waals surface area contributed by atoms with Gasteiger partial charge in [0.2, 0.25) is 5.91 Å². The molecule has 0 atom stereocenters. The number of anilines is 1. The predicted molar refractivity (Wildman–Crippen MR) is 157 cm³/mol. The third kappa shape index (κ3) is 5.61. The Hall–Kier alpha value is -3.15. The Labute approximate surface area is 239 Å². The Morgan fingerprint density at radius 2 is 1.79 bits per heavy atom. The van der Waals surface area contributed by atoms with E-state index in [1.807, 2.05) is 41.0 Å². The largest absolute Gasteiger partial charge is 0.497 e. The Morgan fingerprint density at radius 3 is 2.51 bits per heavy atom. The smallest absolute Gasteiger partial charge is 0.341 e. The predicted octanol–water partition coefficient (Wildman–Crippen LogP) is 6.72. The molecule has 0 unspecified atom stereocenters. The van der Waals surface area contributed by atoms with E-state index in [4.69, 9.17) is 9.47 Å². The zero-order chi connectivity index (χ0) is 27.5. The van der Waals surface area contributed by atoms with Crippen molar-refractivity contribution in [3.63, 3.8) is 0 Å². The molecule has 204 valence electrons. The average molecular weight is 583 g/mol. The standard InChI is InChI=1S/C28H30N4O4S3/c1-16(2)32-25(21-14-37-22-8-6-5-7-19(21)22)30-31-28(32)39-15-23(33)29-26-24(27(34)36-4)20(13-38-26)17-9-11-18(35-3)12-10-17/h9-14,16H,5-8,15H2,1-4H3,(H,29,33). The molecule has 39 heavy (non-hydrogen) atoms. The third-order valence-corrected chi connectivity index (χ3v) is 9.58. The number of fused-ring (bicyclic) bond motifs is 1. The van der Waals surface area contributed by atoms with E-state index in [-0.39, 0.29) is 17.7 Å². The van der Waals surface area contributed by atoms with Gasteiger partial charge >= 0.3 is 5.97 Å². The zero-order valence-electron chi connectivity index (χ0n) is 22.3. The maximum Gasteiger partial charge on any atom is 0.341 e. The molecule has 1 amide bonds. The summed E-state index contributed by atoms with van der Waals surface area (Å²) in [7, 11) is 2.94. The second kappa shape index (κ2) is 11.9. The van der Waals surface area contributed by atoms with Crippen LogP contribution in [0.15, 0.2) is 40.2 Å². The number of aromatic nitrogens is 3. The maximum atomic E-state index is 13.0. The molecule has 0 saturated heterocycles. The van der Waals surface area contributed by atoms with Crippen molar-refractivity contribution in [3.05, 3.63) is 51.0 Å². The van der Waals surface area contributed by atoms with Crippen LogP contribution >= 0.6 is 34.4 Å². The molecule has 0 saturated carbocycles. The van der Waals surface area contributed by atoms with Gasteiger partial charge in [-0.1, -0.05) is 23.9 Å². The lowest BCUT2D eigenvalue weighted by Gasteiger charge is -2.16. The number of esters is 1. The van der Waals surface area contributed by atoms with E-state index in [1.165, 1.54) is 59.1 Å². The van der Waals surface area contributed by atoms with E-state index < -0.39 is 5.97 Å². The number of methoxy groups -OCH3 is 2. The summed E-state index contributed by atoms with van der Waals surface area (Å²) >= 11 is 4.44. The highest BCUT2D eigenvalue weighted by Crippen LogP contribution is 2.39. The Bertz CT molecular complexity index is 1490. The minimum Gasteiger partial charge on any atom is -0.497 e. The fourth-order valence-electron chi connectivity index (χ4n) is 4.74. The van der Waals surface area contributed by atoms with Gasteiger partial charge in [0.25, 0.3) is 0 Å². The molecule has 5 rings (SSSR count). The van der Waals surface area contributed by atoms with Crippen LogP contribution in [-0.4, -0.2) is 46.6 Å². The molecule has 1 N–H and O–H groups in total. The van der Waals surface area contributed by atoms with Crippen LogP contribution in [0.1, 0.15) is 53.5 Å². The van der Waals surface area contributed by atoms with Crippen molar-refractivity contribution in [3.8, 4) is 28.3 Å². The van der Waals surface area contributed by atoms with Crippen molar-refractivity contribution >= 4 is 51.3 Å². The number of thiophene rings is 2. The van der Waals surface area contributed by atoms with Crippen LogP contribution in [0.5, 0.6) is 5.75 Å². The van der Waals surface area contributed by atoms with Gasteiger partial charge in [0, 0.05) is 32.8 Å². The van der Waals surface area contributed by atoms with Gasteiger partial charge in [-0.2, -0.15) is 0 Å². The highest BCUT2D eigenvalue weighted by atomic mass is 32.2. The fourth-order valence-corrected chi connectivity index (χ4v) is 7.70. The number of aryl methyl sites for hydroxylation is 1. The van der Waals surface area contributed by atoms with E-state index in [9.17, 15) is 9.59 Å². The van der Waals surface area contributed by atoms with Crippen LogP contribution in [0.3, 0.4) is 0 Å². The first-order chi connectivity index (χ1) is 18.9. The normalized spacial score (nSPS) is 12.8. The van der Waals surface area contributed by atoms with E-state index >= 15 is 0 Å². The van der Waals surface area contributed by atoms with Gasteiger partial charge in [0.05, 0.1) is 20.0 Å². The summed E-state index contributed by atoms with van der Waals surface area (Å²) in [5, 5.41) is 17.1. The SMILES string of the molecule is COC(=O)c1c(-c2ccc(OC)cc2)csc1NC(=O)CSc1nnc(-c2csc3c2CCCC3)n1C(C)C. The summed E-state index contributed by atoms with van der Waals surface area (Å²) < 4.78 is 12.4. The van der Waals surface area contributed by atoms with E-state index in [0.717, 1.165) is 30.0 Å². The molecule has 1 aliphatic carbocycles. The summed E-state index contributed by atoms with van der Waals surface area (Å²) in [6.45, 7) is 4.20. The van der Waals surface area contributed by atoms with Gasteiger partial charge in [-0.15, -0.1) is 32.9 Å². The first kappa shape index (κ1) is 27.4. The molecule has 4 aromatic rings. The van der Waals surface area contributed by atoms with Gasteiger partial charge in [-0.25, -0.2) is 4.79 Å². The van der Waals surface area contributed by atoms with Crippen molar-refractivity contribution in [1.29, 1.82) is 0 Å². The van der Waals surface area contributed by atoms with Crippen molar-refractivity contribution in [1.82, 2.24) is 14.8 Å². The van der Waals surface area contributed by atoms with E-state index in [1.54, 1.807) is 7.11 Å². The number of rotatable bonds is 9. The van der Waals surface area contributed by atoms with Crippen LogP contribution in [-0.2, 0) is 22.4 Å². The molecule has 8 nitrogen and oxygen atoms in total. The van der Waals surface area contributed by atoms with E-state index in [2.05, 4.69) is 39.3 Å². The monoisotopic (exact) mass is 582 g/mol. The lowest BCUT2D eigenvalue weighted by Crippen LogP contribution is -2.16. The van der Waals surface area contributed by atoms with Gasteiger partial charge in [0.1, 0.15) is 16.3 Å². The number of carbonyl (C=O) groups is 2. The quantitative estimate of drug-likeness (QED) is 0.173. The third-order valence-electron chi connectivity index (χ3n) is 6.65. The molecule has 3 aromatic heterocycles. The van der Waals surface area contributed by atoms with Gasteiger partial charge < -0.3 is 14.8 Å². The molecule has 1 aliphatic rings. The van der Waals surface area contributed by atoms with Crippen molar-refractivity contribution < 1.29 is 19.1 Å². The van der Waals surface area contributed by atoms with Gasteiger partial charge in [0.15, 0.2) is 11.0 Å². The number of amides is 1. The molecular formula is C28H30N4O4S3. The number of nitrogens with zero attached hydrogens (tertiary/aromatic N) is 3. The molecule has 1 aromatic carbocycles. The number of carbonyl (C=O) groups excluding carboxylic acids is 2. The van der Waals surface area contributed by atoms with E-state index in [0.29, 0.717) is 21.3 Å². The number of ether oxygens (including phenoxy) is 2. The van der Waals surface area contributed by atoms with Crippen molar-refractivity contribution in [2.45, 2.75) is 50.7 Å². The molecule has 0 aliphatic heterocycles. The molecule has 3 heterocycles. The minimum absolute atomic E-state index is 0.128. The lowest BCUT2D eigenvalue weighted by molar-refractivity contribution is -0.113. The average Bonchev–Trinajstić information content (AvgIpc) is 3.68. The van der Waals surface area contributed by atoms with Crippen molar-refractivity contribution in [2.24, 2.45) is 0 Å². The zero-order valence-corrected chi connectivity index (χ0v) is 24.7. The highest BCUT2D eigenvalue weighted by Gasteiger charge is 2.25. The molecule has 11 heteroatoms. The summed E-state index contributed by atoms with van der Waals surface area (Å²) in [6, 6.07) is 7.53. The highest BCUT2D eigenvalue weighted by molar-refractivity contribution is 7.99.